The van der Waals surface area contributed by atoms with Crippen LogP contribution in [0.4, 0.5) is 4.39 Å². The topological polar surface area (TPSA) is 0 Å². The minimum absolute atomic E-state index is 0.119. The van der Waals surface area contributed by atoms with E-state index in [9.17, 15) is 4.39 Å². The molecule has 1 atom stereocenters. The molecule has 1 aromatic carbocycles. The van der Waals surface area contributed by atoms with Crippen LogP contribution in [0.5, 0.6) is 0 Å². The minimum atomic E-state index is -0.764. The predicted octanol–water partition coefficient (Wildman–Crippen LogP) is 3.67. The van der Waals surface area contributed by atoms with Gasteiger partial charge in [0.25, 0.3) is 0 Å². The van der Waals surface area contributed by atoms with E-state index in [1.54, 1.807) is 0 Å². The standard InChI is InChI=1S/C12H15F/c1-12(2)7-9-5-3-4-6-10(9)11(13)8-12/h3-6,11H,7-8H2,1-2H3. The number of hydrogen-bond donors (Lipinski definition) is 0. The van der Waals surface area contributed by atoms with Gasteiger partial charge in [-0.3, -0.25) is 0 Å². The number of fused-ring (bicyclic) bond motifs is 1. The highest BCUT2D eigenvalue weighted by atomic mass is 19.1. The number of hydrogen-bond acceptors (Lipinski definition) is 0. The maximum Gasteiger partial charge on any atom is 0.126 e. The van der Waals surface area contributed by atoms with Crippen molar-refractivity contribution in [1.29, 1.82) is 0 Å². The third-order valence-electron chi connectivity index (χ3n) is 2.79. The van der Waals surface area contributed by atoms with Crippen LogP contribution in [-0.4, -0.2) is 0 Å². The van der Waals surface area contributed by atoms with Gasteiger partial charge < -0.3 is 0 Å². The van der Waals surface area contributed by atoms with Gasteiger partial charge in [0, 0.05) is 0 Å². The Labute approximate surface area is 78.8 Å². The summed E-state index contributed by atoms with van der Waals surface area (Å²) in [6, 6.07) is 7.87. The zero-order valence-corrected chi connectivity index (χ0v) is 8.18. The Morgan fingerprint density at radius 2 is 2.00 bits per heavy atom. The van der Waals surface area contributed by atoms with Crippen LogP contribution in [0.15, 0.2) is 24.3 Å². The Balaban J connectivity index is 2.43. The summed E-state index contributed by atoms with van der Waals surface area (Å²) in [5, 5.41) is 0. The third kappa shape index (κ3) is 1.60. The second kappa shape index (κ2) is 2.83. The lowest BCUT2D eigenvalue weighted by Gasteiger charge is -2.33. The average Bonchev–Trinajstić information content (AvgIpc) is 2.02. The van der Waals surface area contributed by atoms with Gasteiger partial charge in [-0.25, -0.2) is 4.39 Å². The van der Waals surface area contributed by atoms with E-state index < -0.39 is 6.17 Å². The summed E-state index contributed by atoms with van der Waals surface area (Å²) in [4.78, 5) is 0. The molecule has 0 heterocycles. The van der Waals surface area contributed by atoms with Crippen molar-refractivity contribution in [2.24, 2.45) is 5.41 Å². The molecule has 0 spiro atoms. The summed E-state index contributed by atoms with van der Waals surface area (Å²) >= 11 is 0. The normalized spacial score (nSPS) is 25.3. The van der Waals surface area contributed by atoms with Gasteiger partial charge in [-0.1, -0.05) is 38.1 Å². The van der Waals surface area contributed by atoms with E-state index in [0.717, 1.165) is 12.0 Å². The van der Waals surface area contributed by atoms with Crippen molar-refractivity contribution in [1.82, 2.24) is 0 Å². The van der Waals surface area contributed by atoms with Crippen molar-refractivity contribution in [2.45, 2.75) is 32.9 Å². The number of rotatable bonds is 0. The van der Waals surface area contributed by atoms with Crippen molar-refractivity contribution in [3.63, 3.8) is 0 Å². The summed E-state index contributed by atoms with van der Waals surface area (Å²) in [5.74, 6) is 0. The molecule has 13 heavy (non-hydrogen) atoms. The second-order valence-electron chi connectivity index (χ2n) is 4.71. The van der Waals surface area contributed by atoms with E-state index in [1.165, 1.54) is 5.56 Å². The van der Waals surface area contributed by atoms with E-state index in [-0.39, 0.29) is 5.41 Å². The molecule has 0 saturated heterocycles. The van der Waals surface area contributed by atoms with E-state index in [0.29, 0.717) is 6.42 Å². The van der Waals surface area contributed by atoms with Crippen molar-refractivity contribution < 1.29 is 4.39 Å². The Morgan fingerprint density at radius 3 is 2.77 bits per heavy atom. The van der Waals surface area contributed by atoms with Gasteiger partial charge in [0.05, 0.1) is 0 Å². The Bertz CT molecular complexity index is 315. The van der Waals surface area contributed by atoms with E-state index in [2.05, 4.69) is 13.8 Å². The predicted molar refractivity (Wildman–Crippen MR) is 52.4 cm³/mol. The van der Waals surface area contributed by atoms with Crippen LogP contribution < -0.4 is 0 Å². The van der Waals surface area contributed by atoms with Gasteiger partial charge in [-0.2, -0.15) is 0 Å². The Morgan fingerprint density at radius 1 is 1.31 bits per heavy atom. The molecule has 2 rings (SSSR count). The molecule has 0 radical (unpaired) electrons. The highest BCUT2D eigenvalue weighted by Crippen LogP contribution is 2.42. The van der Waals surface area contributed by atoms with Crippen LogP contribution in [0.25, 0.3) is 0 Å². The first-order chi connectivity index (χ1) is 6.08. The molecule has 1 aliphatic carbocycles. The quantitative estimate of drug-likeness (QED) is 0.568. The monoisotopic (exact) mass is 178 g/mol. The molecule has 1 aromatic rings. The first kappa shape index (κ1) is 8.74. The van der Waals surface area contributed by atoms with E-state index in [1.807, 2.05) is 24.3 Å². The maximum absolute atomic E-state index is 13.7. The van der Waals surface area contributed by atoms with Crippen molar-refractivity contribution in [2.75, 3.05) is 0 Å². The van der Waals surface area contributed by atoms with Gasteiger partial charge in [0.15, 0.2) is 0 Å². The van der Waals surface area contributed by atoms with Crippen molar-refractivity contribution >= 4 is 0 Å². The number of benzene rings is 1. The lowest BCUT2D eigenvalue weighted by atomic mass is 9.73. The molecule has 70 valence electrons. The summed E-state index contributed by atoms with van der Waals surface area (Å²) in [7, 11) is 0. The first-order valence-electron chi connectivity index (χ1n) is 4.80. The van der Waals surface area contributed by atoms with Gasteiger partial charge in [-0.15, -0.1) is 0 Å². The number of halogens is 1. The molecule has 0 aromatic heterocycles. The molecular formula is C12H15F. The molecule has 0 saturated carbocycles. The third-order valence-corrected chi connectivity index (χ3v) is 2.79. The van der Waals surface area contributed by atoms with Crippen LogP contribution in [0.2, 0.25) is 0 Å². The summed E-state index contributed by atoms with van der Waals surface area (Å²) in [6.07, 6.45) is 0.896. The largest absolute Gasteiger partial charge is 0.242 e. The van der Waals surface area contributed by atoms with Crippen LogP contribution in [0.3, 0.4) is 0 Å². The summed E-state index contributed by atoms with van der Waals surface area (Å²) in [6.45, 7) is 4.27. The maximum atomic E-state index is 13.7. The average molecular weight is 178 g/mol. The molecule has 1 unspecified atom stereocenters. The summed E-state index contributed by atoms with van der Waals surface area (Å²) in [5.41, 5.74) is 2.21. The molecule has 1 heteroatoms. The van der Waals surface area contributed by atoms with Crippen LogP contribution in [0.1, 0.15) is 37.6 Å². The minimum Gasteiger partial charge on any atom is -0.242 e. The zero-order valence-electron chi connectivity index (χ0n) is 8.18. The van der Waals surface area contributed by atoms with Gasteiger partial charge in [0.1, 0.15) is 6.17 Å². The lowest BCUT2D eigenvalue weighted by molar-refractivity contribution is 0.189. The van der Waals surface area contributed by atoms with Gasteiger partial charge in [-0.05, 0) is 29.4 Å². The fourth-order valence-electron chi connectivity index (χ4n) is 2.18. The molecule has 1 aliphatic rings. The summed E-state index contributed by atoms with van der Waals surface area (Å²) < 4.78 is 13.7. The van der Waals surface area contributed by atoms with Crippen molar-refractivity contribution in [3.8, 4) is 0 Å². The zero-order chi connectivity index (χ0) is 9.47. The fourth-order valence-corrected chi connectivity index (χ4v) is 2.18. The molecule has 0 N–H and O–H groups in total. The van der Waals surface area contributed by atoms with Gasteiger partial charge in [0.2, 0.25) is 0 Å². The highest BCUT2D eigenvalue weighted by molar-refractivity contribution is 5.32. The second-order valence-corrected chi connectivity index (χ2v) is 4.71. The van der Waals surface area contributed by atoms with Crippen LogP contribution >= 0.6 is 0 Å². The Kier molecular flexibility index (Phi) is 1.90. The van der Waals surface area contributed by atoms with E-state index >= 15 is 0 Å². The number of alkyl halides is 1. The van der Waals surface area contributed by atoms with E-state index in [4.69, 9.17) is 0 Å². The SMILES string of the molecule is CC1(C)Cc2ccccc2C(F)C1. The molecule has 0 fully saturated rings. The van der Waals surface area contributed by atoms with Crippen LogP contribution in [-0.2, 0) is 6.42 Å². The molecule has 0 amide bonds. The fraction of sp³-hybridized carbons (Fsp3) is 0.500. The molecule has 0 nitrogen and oxygen atoms in total. The highest BCUT2D eigenvalue weighted by Gasteiger charge is 2.31. The molecule has 0 aliphatic heterocycles. The first-order valence-corrected chi connectivity index (χ1v) is 4.80. The lowest BCUT2D eigenvalue weighted by Crippen LogP contribution is -2.23. The van der Waals surface area contributed by atoms with Crippen LogP contribution in [0, 0.1) is 5.41 Å². The smallest absolute Gasteiger partial charge is 0.126 e. The Hall–Kier alpha value is -0.850. The molecule has 0 bridgehead atoms. The molecular weight excluding hydrogens is 163 g/mol. The van der Waals surface area contributed by atoms with Crippen molar-refractivity contribution in [3.05, 3.63) is 35.4 Å². The van der Waals surface area contributed by atoms with Gasteiger partial charge >= 0.3 is 0 Å².